The minimum Gasteiger partial charge on any atom is -0.322 e. The highest BCUT2D eigenvalue weighted by Gasteiger charge is 2.24. The Labute approximate surface area is 182 Å². The first kappa shape index (κ1) is 22.1. The molecule has 0 heterocycles. The van der Waals surface area contributed by atoms with Gasteiger partial charge in [0.1, 0.15) is 5.56 Å². The van der Waals surface area contributed by atoms with Crippen LogP contribution in [0.5, 0.6) is 0 Å². The van der Waals surface area contributed by atoms with Gasteiger partial charge in [0.05, 0.1) is 15.9 Å². The Kier molecular flexibility index (Phi) is 6.54. The van der Waals surface area contributed by atoms with E-state index in [0.29, 0.717) is 12.1 Å². The number of carbonyl (C=O) groups excluding carboxylic acids is 2. The van der Waals surface area contributed by atoms with Gasteiger partial charge in [0.25, 0.3) is 23.2 Å². The third-order valence-electron chi connectivity index (χ3n) is 4.63. The zero-order valence-corrected chi connectivity index (χ0v) is 16.9. The smallest absolute Gasteiger partial charge is 0.289 e. The van der Waals surface area contributed by atoms with Gasteiger partial charge in [-0.2, -0.15) is 0 Å². The molecule has 0 bridgehead atoms. The molecule has 0 aliphatic heterocycles. The molecule has 0 atom stereocenters. The van der Waals surface area contributed by atoms with Crippen molar-refractivity contribution in [3.63, 3.8) is 0 Å². The highest BCUT2D eigenvalue weighted by molar-refractivity contribution is 6.09. The molecular formula is C22H18N4O6. The number of anilines is 2. The Hall–Kier alpha value is -4.60. The fourth-order valence-corrected chi connectivity index (χ4v) is 3.11. The molecule has 0 aliphatic rings. The molecule has 32 heavy (non-hydrogen) atoms. The van der Waals surface area contributed by atoms with Crippen LogP contribution in [0.25, 0.3) is 0 Å². The zero-order chi connectivity index (χ0) is 23.3. The molecule has 3 rings (SSSR count). The van der Waals surface area contributed by atoms with Crippen molar-refractivity contribution in [3.8, 4) is 0 Å². The van der Waals surface area contributed by atoms with Gasteiger partial charge in [0.15, 0.2) is 0 Å². The second-order valence-electron chi connectivity index (χ2n) is 6.64. The van der Waals surface area contributed by atoms with Crippen LogP contribution < -0.4 is 10.2 Å². The summed E-state index contributed by atoms with van der Waals surface area (Å²) in [5.74, 6) is -1.11. The highest BCUT2D eigenvalue weighted by Crippen LogP contribution is 2.26. The number of hydrogen-bond donors (Lipinski definition) is 1. The molecule has 0 unspecified atom stereocenters. The van der Waals surface area contributed by atoms with Gasteiger partial charge in [0, 0.05) is 29.5 Å². The van der Waals surface area contributed by atoms with Crippen molar-refractivity contribution in [1.29, 1.82) is 0 Å². The van der Waals surface area contributed by atoms with Gasteiger partial charge in [-0.3, -0.25) is 29.8 Å². The molecule has 0 saturated carbocycles. The van der Waals surface area contributed by atoms with E-state index in [9.17, 15) is 29.8 Å². The summed E-state index contributed by atoms with van der Waals surface area (Å²) in [6, 6.07) is 18.0. The number of benzene rings is 3. The Morgan fingerprint density at radius 3 is 2.25 bits per heavy atom. The summed E-state index contributed by atoms with van der Waals surface area (Å²) in [6.45, 7) is 2.26. The van der Waals surface area contributed by atoms with E-state index in [-0.39, 0.29) is 17.2 Å². The van der Waals surface area contributed by atoms with Gasteiger partial charge < -0.3 is 10.2 Å². The molecule has 0 aliphatic carbocycles. The summed E-state index contributed by atoms with van der Waals surface area (Å²) in [5, 5.41) is 24.7. The van der Waals surface area contributed by atoms with Crippen molar-refractivity contribution < 1.29 is 19.4 Å². The average molecular weight is 434 g/mol. The number of amides is 2. The fraction of sp³-hybridized carbons (Fsp3) is 0.0909. The first-order valence-electron chi connectivity index (χ1n) is 9.53. The third kappa shape index (κ3) is 4.75. The van der Waals surface area contributed by atoms with Gasteiger partial charge >= 0.3 is 0 Å². The van der Waals surface area contributed by atoms with E-state index >= 15 is 0 Å². The zero-order valence-electron chi connectivity index (χ0n) is 16.9. The number of hydrogen-bond acceptors (Lipinski definition) is 6. The molecule has 1 N–H and O–H groups in total. The average Bonchev–Trinajstić information content (AvgIpc) is 2.79. The Morgan fingerprint density at radius 2 is 1.62 bits per heavy atom. The maximum Gasteiger partial charge on any atom is 0.289 e. The lowest BCUT2D eigenvalue weighted by Crippen LogP contribution is -2.30. The lowest BCUT2D eigenvalue weighted by molar-refractivity contribution is -0.394. The summed E-state index contributed by atoms with van der Waals surface area (Å²) < 4.78 is 0. The quantitative estimate of drug-likeness (QED) is 0.432. The maximum absolute atomic E-state index is 13.0. The maximum atomic E-state index is 13.0. The van der Waals surface area contributed by atoms with E-state index in [1.807, 2.05) is 25.1 Å². The highest BCUT2D eigenvalue weighted by atomic mass is 16.6. The van der Waals surface area contributed by atoms with Crippen molar-refractivity contribution in [3.05, 3.63) is 104 Å². The predicted molar refractivity (Wildman–Crippen MR) is 118 cm³/mol. The van der Waals surface area contributed by atoms with Crippen molar-refractivity contribution >= 4 is 34.6 Å². The molecule has 0 spiro atoms. The van der Waals surface area contributed by atoms with Crippen molar-refractivity contribution in [2.24, 2.45) is 0 Å². The molecule has 3 aromatic carbocycles. The van der Waals surface area contributed by atoms with Crippen LogP contribution in [-0.2, 0) is 0 Å². The predicted octanol–water partition coefficient (Wildman–Crippen LogP) is 4.42. The molecular weight excluding hydrogens is 416 g/mol. The minimum atomic E-state index is -0.860. The molecule has 2 amide bonds. The number of rotatable bonds is 7. The number of para-hydroxylation sites is 1. The van der Waals surface area contributed by atoms with Gasteiger partial charge in [-0.15, -0.1) is 0 Å². The van der Waals surface area contributed by atoms with E-state index in [1.165, 1.54) is 12.1 Å². The number of nitrogens with one attached hydrogen (secondary N) is 1. The number of non-ortho nitro benzene ring substituents is 1. The van der Waals surface area contributed by atoms with E-state index in [0.717, 1.165) is 23.9 Å². The molecule has 3 aromatic rings. The Balaban J connectivity index is 1.86. The van der Waals surface area contributed by atoms with Gasteiger partial charge in [0.2, 0.25) is 0 Å². The molecule has 10 nitrogen and oxygen atoms in total. The van der Waals surface area contributed by atoms with E-state index in [2.05, 4.69) is 5.32 Å². The molecule has 0 fully saturated rings. The van der Waals surface area contributed by atoms with Crippen molar-refractivity contribution in [2.45, 2.75) is 6.92 Å². The summed E-state index contributed by atoms with van der Waals surface area (Å²) >= 11 is 0. The minimum absolute atomic E-state index is 0.248. The number of nitro groups is 2. The molecule has 0 saturated heterocycles. The lowest BCUT2D eigenvalue weighted by atomic mass is 10.1. The van der Waals surface area contributed by atoms with Crippen LogP contribution in [-0.4, -0.2) is 28.2 Å². The van der Waals surface area contributed by atoms with E-state index in [1.54, 1.807) is 29.2 Å². The summed E-state index contributed by atoms with van der Waals surface area (Å²) in [4.78, 5) is 47.7. The van der Waals surface area contributed by atoms with E-state index in [4.69, 9.17) is 0 Å². The van der Waals surface area contributed by atoms with Gasteiger partial charge in [-0.05, 0) is 43.3 Å². The normalized spacial score (nSPS) is 10.3. The van der Waals surface area contributed by atoms with E-state index < -0.39 is 27.1 Å². The van der Waals surface area contributed by atoms with Gasteiger partial charge in [-0.25, -0.2) is 0 Å². The van der Waals surface area contributed by atoms with Crippen LogP contribution >= 0.6 is 0 Å². The molecule has 162 valence electrons. The second-order valence-corrected chi connectivity index (χ2v) is 6.64. The second kappa shape index (κ2) is 9.47. The molecule has 10 heteroatoms. The van der Waals surface area contributed by atoms with Crippen LogP contribution in [0.4, 0.5) is 22.7 Å². The monoisotopic (exact) mass is 434 g/mol. The van der Waals surface area contributed by atoms with Gasteiger partial charge in [-0.1, -0.05) is 24.3 Å². The van der Waals surface area contributed by atoms with Crippen LogP contribution in [0.1, 0.15) is 27.6 Å². The first-order chi connectivity index (χ1) is 15.3. The first-order valence-corrected chi connectivity index (χ1v) is 9.53. The van der Waals surface area contributed by atoms with Crippen molar-refractivity contribution in [2.75, 3.05) is 16.8 Å². The number of nitrogens with zero attached hydrogens (tertiary/aromatic N) is 3. The summed E-state index contributed by atoms with van der Waals surface area (Å²) in [7, 11) is 0. The largest absolute Gasteiger partial charge is 0.322 e. The standard InChI is InChI=1S/C22H18N4O6/c1-2-24(17-9-4-3-5-10-17)22(28)15-7-6-8-16(13-15)23-21(27)19-12-11-18(25(29)30)14-20(19)26(31)32/h3-14H,2H2,1H3,(H,23,27). The number of nitro benzene ring substituents is 2. The van der Waals surface area contributed by atoms with Crippen molar-refractivity contribution in [1.82, 2.24) is 0 Å². The van der Waals surface area contributed by atoms with Crippen LogP contribution in [0.3, 0.4) is 0 Å². The Bertz CT molecular complexity index is 1200. The SMILES string of the molecule is CCN(C(=O)c1cccc(NC(=O)c2ccc([N+](=O)[O-])cc2[N+](=O)[O-])c1)c1ccccc1. The molecule has 0 aromatic heterocycles. The number of carbonyl (C=O) groups is 2. The molecule has 0 radical (unpaired) electrons. The topological polar surface area (TPSA) is 136 Å². The lowest BCUT2D eigenvalue weighted by Gasteiger charge is -2.21. The summed E-state index contributed by atoms with van der Waals surface area (Å²) in [6.07, 6.45) is 0. The fourth-order valence-electron chi connectivity index (χ4n) is 3.11. The summed E-state index contributed by atoms with van der Waals surface area (Å²) in [5.41, 5.74) is -0.247. The van der Waals surface area contributed by atoms with Crippen LogP contribution in [0, 0.1) is 20.2 Å². The van der Waals surface area contributed by atoms with Crippen LogP contribution in [0.2, 0.25) is 0 Å². The third-order valence-corrected chi connectivity index (χ3v) is 4.63. The van der Waals surface area contributed by atoms with Crippen LogP contribution in [0.15, 0.2) is 72.8 Å². The Morgan fingerprint density at radius 1 is 0.906 bits per heavy atom.